The van der Waals surface area contributed by atoms with Crippen LogP contribution >= 0.6 is 11.6 Å². The Hall–Kier alpha value is -2.31. The fourth-order valence-electron chi connectivity index (χ4n) is 1.92. The summed E-state index contributed by atoms with van der Waals surface area (Å²) < 4.78 is 27.4. The Labute approximate surface area is 146 Å². The summed E-state index contributed by atoms with van der Waals surface area (Å²) in [6, 6.07) is 11.2. The van der Waals surface area contributed by atoms with Crippen LogP contribution in [0, 0.1) is 6.92 Å². The summed E-state index contributed by atoms with van der Waals surface area (Å²) in [4.78, 5) is 11.3. The van der Waals surface area contributed by atoms with Gasteiger partial charge in [-0.05, 0) is 48.4 Å². The number of halogens is 1. The standard InChI is InChI=1S/C17H17ClN2O3S/c1-12-3-7-14(18)11-16(12)20-24(22,23)15-8-4-13(5-9-15)6-10-17(21)19-2/h3-11,20H,1-2H3,(H,19,21)/b10-6+. The van der Waals surface area contributed by atoms with Crippen LogP contribution in [0.2, 0.25) is 5.02 Å². The highest BCUT2D eigenvalue weighted by atomic mass is 35.5. The SMILES string of the molecule is CNC(=O)/C=C/c1ccc(S(=O)(=O)Nc2cc(Cl)ccc2C)cc1. The zero-order valence-corrected chi connectivity index (χ0v) is 14.8. The molecule has 2 rings (SSSR count). The second kappa shape index (κ2) is 7.51. The van der Waals surface area contributed by atoms with Gasteiger partial charge in [0, 0.05) is 18.1 Å². The molecule has 0 radical (unpaired) electrons. The molecule has 126 valence electrons. The lowest BCUT2D eigenvalue weighted by atomic mass is 10.2. The van der Waals surface area contributed by atoms with E-state index in [0.29, 0.717) is 10.7 Å². The fraction of sp³-hybridized carbons (Fsp3) is 0.118. The zero-order valence-electron chi connectivity index (χ0n) is 13.2. The molecule has 2 aromatic rings. The van der Waals surface area contributed by atoms with E-state index in [-0.39, 0.29) is 10.8 Å². The largest absolute Gasteiger partial charge is 0.356 e. The minimum Gasteiger partial charge on any atom is -0.356 e. The number of rotatable bonds is 5. The van der Waals surface area contributed by atoms with Crippen LogP contribution in [0.25, 0.3) is 6.08 Å². The Morgan fingerprint density at radius 3 is 2.42 bits per heavy atom. The second-order valence-electron chi connectivity index (χ2n) is 5.08. The van der Waals surface area contributed by atoms with Crippen molar-refractivity contribution in [1.29, 1.82) is 0 Å². The van der Waals surface area contributed by atoms with E-state index >= 15 is 0 Å². The first-order valence-corrected chi connectivity index (χ1v) is 8.97. The first-order chi connectivity index (χ1) is 11.3. The summed E-state index contributed by atoms with van der Waals surface area (Å²) in [5, 5.41) is 2.92. The van der Waals surface area contributed by atoms with E-state index in [1.807, 2.05) is 0 Å². The van der Waals surface area contributed by atoms with Crippen molar-refractivity contribution in [3.05, 3.63) is 64.7 Å². The summed E-state index contributed by atoms with van der Waals surface area (Å²) in [5.74, 6) is -0.232. The van der Waals surface area contributed by atoms with Crippen LogP contribution in [-0.2, 0) is 14.8 Å². The molecule has 0 aliphatic carbocycles. The summed E-state index contributed by atoms with van der Waals surface area (Å²) in [6.07, 6.45) is 2.97. The lowest BCUT2D eigenvalue weighted by Crippen LogP contribution is -2.14. The molecule has 0 aliphatic heterocycles. The second-order valence-corrected chi connectivity index (χ2v) is 7.20. The molecule has 0 saturated carbocycles. The molecule has 0 atom stereocenters. The van der Waals surface area contributed by atoms with Gasteiger partial charge in [0.1, 0.15) is 0 Å². The molecule has 1 amide bonds. The van der Waals surface area contributed by atoms with Gasteiger partial charge in [-0.3, -0.25) is 9.52 Å². The van der Waals surface area contributed by atoms with Gasteiger partial charge in [0.15, 0.2) is 0 Å². The van der Waals surface area contributed by atoms with Crippen LogP contribution in [0.1, 0.15) is 11.1 Å². The molecular formula is C17H17ClN2O3S. The summed E-state index contributed by atoms with van der Waals surface area (Å²) >= 11 is 5.91. The molecule has 24 heavy (non-hydrogen) atoms. The predicted molar refractivity (Wildman–Crippen MR) is 96.5 cm³/mol. The van der Waals surface area contributed by atoms with Gasteiger partial charge in [0.2, 0.25) is 5.91 Å². The van der Waals surface area contributed by atoms with Crippen LogP contribution in [0.4, 0.5) is 5.69 Å². The molecule has 0 bridgehead atoms. The third-order valence-corrected chi connectivity index (χ3v) is 4.92. The predicted octanol–water partition coefficient (Wildman–Crippen LogP) is 3.21. The maximum Gasteiger partial charge on any atom is 0.261 e. The molecule has 0 aliphatic rings. The Bertz CT molecular complexity index is 875. The fourth-order valence-corrected chi connectivity index (χ4v) is 3.21. The van der Waals surface area contributed by atoms with Crippen molar-refractivity contribution in [3.8, 4) is 0 Å². The van der Waals surface area contributed by atoms with Crippen LogP contribution in [-0.4, -0.2) is 21.4 Å². The van der Waals surface area contributed by atoms with E-state index in [2.05, 4.69) is 10.0 Å². The molecule has 0 unspecified atom stereocenters. The average molecular weight is 365 g/mol. The van der Waals surface area contributed by atoms with E-state index in [0.717, 1.165) is 11.1 Å². The van der Waals surface area contributed by atoms with Crippen molar-refractivity contribution in [1.82, 2.24) is 5.32 Å². The number of hydrogen-bond acceptors (Lipinski definition) is 3. The van der Waals surface area contributed by atoms with E-state index in [4.69, 9.17) is 11.6 Å². The highest BCUT2D eigenvalue weighted by molar-refractivity contribution is 7.92. The highest BCUT2D eigenvalue weighted by Gasteiger charge is 2.15. The van der Waals surface area contributed by atoms with Crippen molar-refractivity contribution >= 4 is 39.3 Å². The van der Waals surface area contributed by atoms with Gasteiger partial charge in [0.05, 0.1) is 10.6 Å². The van der Waals surface area contributed by atoms with Gasteiger partial charge in [0.25, 0.3) is 10.0 Å². The van der Waals surface area contributed by atoms with Crippen LogP contribution in [0.15, 0.2) is 53.4 Å². The van der Waals surface area contributed by atoms with Crippen molar-refractivity contribution in [2.24, 2.45) is 0 Å². The number of aryl methyl sites for hydroxylation is 1. The molecular weight excluding hydrogens is 348 g/mol. The van der Waals surface area contributed by atoms with Crippen molar-refractivity contribution in [2.75, 3.05) is 11.8 Å². The molecule has 5 nitrogen and oxygen atoms in total. The van der Waals surface area contributed by atoms with Gasteiger partial charge in [-0.25, -0.2) is 8.42 Å². The van der Waals surface area contributed by atoms with Crippen LogP contribution in [0.3, 0.4) is 0 Å². The van der Waals surface area contributed by atoms with E-state index in [9.17, 15) is 13.2 Å². The van der Waals surface area contributed by atoms with E-state index in [1.54, 1.807) is 43.3 Å². The number of anilines is 1. The van der Waals surface area contributed by atoms with E-state index in [1.165, 1.54) is 25.3 Å². The molecule has 0 heterocycles. The number of sulfonamides is 1. The topological polar surface area (TPSA) is 75.3 Å². The normalized spacial score (nSPS) is 11.5. The number of likely N-dealkylation sites (N-methyl/N-ethyl adjacent to an activating group) is 1. The molecule has 2 aromatic carbocycles. The first kappa shape index (κ1) is 18.0. The first-order valence-electron chi connectivity index (χ1n) is 7.10. The highest BCUT2D eigenvalue weighted by Crippen LogP contribution is 2.23. The van der Waals surface area contributed by atoms with Gasteiger partial charge < -0.3 is 5.32 Å². The molecule has 0 spiro atoms. The number of hydrogen-bond donors (Lipinski definition) is 2. The summed E-state index contributed by atoms with van der Waals surface area (Å²) in [7, 11) is -2.18. The lowest BCUT2D eigenvalue weighted by molar-refractivity contribution is -0.115. The Balaban J connectivity index is 2.22. The summed E-state index contributed by atoms with van der Waals surface area (Å²) in [6.45, 7) is 1.79. The molecule has 7 heteroatoms. The van der Waals surface area contributed by atoms with E-state index < -0.39 is 10.0 Å². The smallest absolute Gasteiger partial charge is 0.261 e. The van der Waals surface area contributed by atoms with Crippen molar-refractivity contribution < 1.29 is 13.2 Å². The maximum absolute atomic E-state index is 12.5. The van der Waals surface area contributed by atoms with Gasteiger partial charge >= 0.3 is 0 Å². The minimum atomic E-state index is -3.72. The van der Waals surface area contributed by atoms with Gasteiger partial charge in [-0.15, -0.1) is 0 Å². The molecule has 0 fully saturated rings. The average Bonchev–Trinajstić information content (AvgIpc) is 2.56. The van der Waals surface area contributed by atoms with Gasteiger partial charge in [-0.2, -0.15) is 0 Å². The molecule has 2 N–H and O–H groups in total. The third-order valence-electron chi connectivity index (χ3n) is 3.31. The zero-order chi connectivity index (χ0) is 17.7. The quantitative estimate of drug-likeness (QED) is 0.800. The monoisotopic (exact) mass is 364 g/mol. The maximum atomic E-state index is 12.5. The Morgan fingerprint density at radius 1 is 1.12 bits per heavy atom. The van der Waals surface area contributed by atoms with Crippen molar-refractivity contribution in [3.63, 3.8) is 0 Å². The lowest BCUT2D eigenvalue weighted by Gasteiger charge is -2.11. The number of carbonyl (C=O) groups excluding carboxylic acids is 1. The number of amides is 1. The number of carbonyl (C=O) groups is 1. The Morgan fingerprint density at radius 2 is 1.79 bits per heavy atom. The molecule has 0 saturated heterocycles. The van der Waals surface area contributed by atoms with Crippen molar-refractivity contribution in [2.45, 2.75) is 11.8 Å². The number of nitrogens with one attached hydrogen (secondary N) is 2. The van der Waals surface area contributed by atoms with Crippen LogP contribution in [0.5, 0.6) is 0 Å². The molecule has 0 aromatic heterocycles. The van der Waals surface area contributed by atoms with Gasteiger partial charge in [-0.1, -0.05) is 29.8 Å². The Kier molecular flexibility index (Phi) is 5.64. The summed E-state index contributed by atoms with van der Waals surface area (Å²) in [5.41, 5.74) is 1.93. The minimum absolute atomic E-state index is 0.124. The number of benzene rings is 2. The van der Waals surface area contributed by atoms with Crippen LogP contribution < -0.4 is 10.0 Å². The third kappa shape index (κ3) is 4.59.